The predicted octanol–water partition coefficient (Wildman–Crippen LogP) is 0.842. The molecule has 1 aliphatic carbocycles. The first kappa shape index (κ1) is 22.5. The van der Waals surface area contributed by atoms with Crippen LogP contribution in [-0.2, 0) is 9.59 Å². The quantitative estimate of drug-likeness (QED) is 0.767. The Morgan fingerprint density at radius 3 is 2.52 bits per heavy atom. The van der Waals surface area contributed by atoms with Gasteiger partial charge in [-0.05, 0) is 51.9 Å². The van der Waals surface area contributed by atoms with E-state index in [0.29, 0.717) is 32.0 Å². The summed E-state index contributed by atoms with van der Waals surface area (Å²) in [6, 6.07) is 0. The van der Waals surface area contributed by atoms with Crippen molar-refractivity contribution in [1.82, 2.24) is 20.0 Å². The summed E-state index contributed by atoms with van der Waals surface area (Å²) in [6.07, 6.45) is 3.79. The van der Waals surface area contributed by atoms with Crippen LogP contribution in [0.15, 0.2) is 0 Å². The largest absolute Gasteiger partial charge is 0.340 e. The Bertz CT molecular complexity index is 470. The number of piperidine rings is 1. The Morgan fingerprint density at radius 2 is 1.88 bits per heavy atom. The summed E-state index contributed by atoms with van der Waals surface area (Å²) in [6.45, 7) is 5.69. The predicted molar refractivity (Wildman–Crippen MR) is 103 cm³/mol. The van der Waals surface area contributed by atoms with Gasteiger partial charge in [0.05, 0.1) is 0 Å². The Labute approximate surface area is 163 Å². The van der Waals surface area contributed by atoms with Crippen LogP contribution in [0.3, 0.4) is 0 Å². The van der Waals surface area contributed by atoms with E-state index in [2.05, 4.69) is 10.2 Å². The molecule has 3 rings (SSSR count). The Hall–Kier alpha value is -0.560. The number of rotatable bonds is 4. The van der Waals surface area contributed by atoms with E-state index in [1.54, 1.807) is 0 Å². The first-order valence-corrected chi connectivity index (χ1v) is 8.94. The van der Waals surface area contributed by atoms with Crippen molar-refractivity contribution in [2.45, 2.75) is 25.7 Å². The standard InChI is InChI=1S/C17H30N4O2.2ClH/c1-19(2)9-10-20-11-12-21(8-3-15(20)22)16(23)14-13-17(14)4-6-18-7-5-17;;/h14,18H,3-13H2,1-2H3;2*1H. The fourth-order valence-electron chi connectivity index (χ4n) is 4.04. The highest BCUT2D eigenvalue weighted by atomic mass is 35.5. The summed E-state index contributed by atoms with van der Waals surface area (Å²) in [5, 5.41) is 3.38. The van der Waals surface area contributed by atoms with E-state index in [0.717, 1.165) is 45.4 Å². The average molecular weight is 395 g/mol. The molecule has 2 heterocycles. The second-order valence-electron chi connectivity index (χ2n) is 7.63. The third-order valence-corrected chi connectivity index (χ3v) is 5.80. The van der Waals surface area contributed by atoms with Crippen molar-refractivity contribution in [3.63, 3.8) is 0 Å². The molecule has 1 saturated carbocycles. The van der Waals surface area contributed by atoms with Crippen LogP contribution in [0.25, 0.3) is 0 Å². The number of hydrogen-bond acceptors (Lipinski definition) is 4. The molecule has 1 spiro atoms. The zero-order valence-corrected chi connectivity index (χ0v) is 17.0. The van der Waals surface area contributed by atoms with Crippen LogP contribution >= 0.6 is 24.8 Å². The lowest BCUT2D eigenvalue weighted by Crippen LogP contribution is -2.40. The van der Waals surface area contributed by atoms with E-state index < -0.39 is 0 Å². The van der Waals surface area contributed by atoms with Gasteiger partial charge in [0.1, 0.15) is 0 Å². The van der Waals surface area contributed by atoms with Gasteiger partial charge in [-0.25, -0.2) is 0 Å². The molecule has 146 valence electrons. The second-order valence-corrected chi connectivity index (χ2v) is 7.63. The van der Waals surface area contributed by atoms with E-state index in [-0.39, 0.29) is 42.1 Å². The molecule has 0 aromatic heterocycles. The number of nitrogens with zero attached hydrogens (tertiary/aromatic N) is 3. The van der Waals surface area contributed by atoms with E-state index >= 15 is 0 Å². The number of nitrogens with one attached hydrogen (secondary N) is 1. The zero-order chi connectivity index (χ0) is 16.4. The third-order valence-electron chi connectivity index (χ3n) is 5.80. The van der Waals surface area contributed by atoms with Gasteiger partial charge < -0.3 is 20.0 Å². The molecule has 6 nitrogen and oxygen atoms in total. The maximum Gasteiger partial charge on any atom is 0.226 e. The molecule has 2 amide bonds. The summed E-state index contributed by atoms with van der Waals surface area (Å²) in [5.41, 5.74) is 0.281. The van der Waals surface area contributed by atoms with E-state index in [9.17, 15) is 9.59 Å². The lowest BCUT2D eigenvalue weighted by Gasteiger charge is -2.26. The lowest BCUT2D eigenvalue weighted by molar-refractivity contribution is -0.133. The summed E-state index contributed by atoms with van der Waals surface area (Å²) in [7, 11) is 4.04. The number of halogens is 2. The van der Waals surface area contributed by atoms with Gasteiger partial charge in [0.25, 0.3) is 0 Å². The van der Waals surface area contributed by atoms with E-state index in [1.807, 2.05) is 23.9 Å². The SMILES string of the molecule is CN(C)CCN1CCN(C(=O)C2CC23CCNCC3)CCC1=O.Cl.Cl. The summed E-state index contributed by atoms with van der Waals surface area (Å²) in [5.74, 6) is 0.705. The zero-order valence-electron chi connectivity index (χ0n) is 15.3. The van der Waals surface area contributed by atoms with Crippen LogP contribution < -0.4 is 5.32 Å². The fraction of sp³-hybridized carbons (Fsp3) is 0.882. The molecule has 2 aliphatic heterocycles. The van der Waals surface area contributed by atoms with Gasteiger partial charge in [0, 0.05) is 45.1 Å². The van der Waals surface area contributed by atoms with Gasteiger partial charge in [0.15, 0.2) is 0 Å². The minimum atomic E-state index is 0. The molecule has 1 N–H and O–H groups in total. The monoisotopic (exact) mass is 394 g/mol. The number of hydrogen-bond donors (Lipinski definition) is 1. The van der Waals surface area contributed by atoms with Crippen LogP contribution in [0.2, 0.25) is 0 Å². The summed E-state index contributed by atoms with van der Waals surface area (Å²) in [4.78, 5) is 31.0. The fourth-order valence-corrected chi connectivity index (χ4v) is 4.04. The molecule has 0 aromatic carbocycles. The molecular formula is C17H32Cl2N4O2. The van der Waals surface area contributed by atoms with Crippen LogP contribution in [0.1, 0.15) is 25.7 Å². The van der Waals surface area contributed by atoms with Crippen molar-refractivity contribution in [1.29, 1.82) is 0 Å². The van der Waals surface area contributed by atoms with E-state index in [1.165, 1.54) is 0 Å². The minimum Gasteiger partial charge on any atom is -0.340 e. The molecule has 2 saturated heterocycles. The number of carbonyl (C=O) groups is 2. The van der Waals surface area contributed by atoms with Crippen LogP contribution in [-0.4, -0.2) is 86.4 Å². The number of amides is 2. The Kier molecular flexibility index (Phi) is 8.45. The van der Waals surface area contributed by atoms with Gasteiger partial charge in [-0.1, -0.05) is 0 Å². The maximum atomic E-state index is 12.8. The molecule has 25 heavy (non-hydrogen) atoms. The lowest BCUT2D eigenvalue weighted by atomic mass is 9.91. The van der Waals surface area contributed by atoms with Gasteiger partial charge in [0.2, 0.25) is 11.8 Å². The molecule has 1 unspecified atom stereocenters. The van der Waals surface area contributed by atoms with Gasteiger partial charge in [-0.3, -0.25) is 9.59 Å². The molecule has 1 atom stereocenters. The Morgan fingerprint density at radius 1 is 1.20 bits per heavy atom. The highest BCUT2D eigenvalue weighted by Gasteiger charge is 2.58. The molecule has 0 aromatic rings. The van der Waals surface area contributed by atoms with Crippen LogP contribution in [0.5, 0.6) is 0 Å². The van der Waals surface area contributed by atoms with Crippen LogP contribution in [0, 0.1) is 11.3 Å². The molecule has 0 bridgehead atoms. The molecular weight excluding hydrogens is 363 g/mol. The van der Waals surface area contributed by atoms with Crippen LogP contribution in [0.4, 0.5) is 0 Å². The smallest absolute Gasteiger partial charge is 0.226 e. The first-order valence-electron chi connectivity index (χ1n) is 8.94. The molecule has 0 radical (unpaired) electrons. The first-order chi connectivity index (χ1) is 11.0. The highest BCUT2D eigenvalue weighted by molar-refractivity contribution is 5.86. The number of carbonyl (C=O) groups excluding carboxylic acids is 2. The third kappa shape index (κ3) is 5.22. The maximum absolute atomic E-state index is 12.8. The van der Waals surface area contributed by atoms with Crippen molar-refractivity contribution in [3.8, 4) is 0 Å². The van der Waals surface area contributed by atoms with Gasteiger partial charge in [-0.15, -0.1) is 24.8 Å². The van der Waals surface area contributed by atoms with Crippen molar-refractivity contribution < 1.29 is 9.59 Å². The Balaban J connectivity index is 0.00000156. The molecule has 8 heteroatoms. The second kappa shape index (κ2) is 9.40. The van der Waals surface area contributed by atoms with Crippen molar-refractivity contribution in [2.24, 2.45) is 11.3 Å². The van der Waals surface area contributed by atoms with Gasteiger partial charge >= 0.3 is 0 Å². The molecule has 3 fully saturated rings. The average Bonchev–Trinajstić information content (AvgIpc) is 3.25. The summed E-state index contributed by atoms with van der Waals surface area (Å²) < 4.78 is 0. The van der Waals surface area contributed by atoms with Gasteiger partial charge in [-0.2, -0.15) is 0 Å². The normalized spacial score (nSPS) is 25.2. The highest BCUT2D eigenvalue weighted by Crippen LogP contribution is 2.59. The topological polar surface area (TPSA) is 55.9 Å². The molecule has 3 aliphatic rings. The minimum absolute atomic E-state index is 0. The number of likely N-dealkylation sites (N-methyl/N-ethyl adjacent to an activating group) is 1. The summed E-state index contributed by atoms with van der Waals surface area (Å²) >= 11 is 0. The van der Waals surface area contributed by atoms with E-state index in [4.69, 9.17) is 0 Å². The van der Waals surface area contributed by atoms with Crippen molar-refractivity contribution >= 4 is 36.6 Å². The van der Waals surface area contributed by atoms with Crippen molar-refractivity contribution in [3.05, 3.63) is 0 Å². The van der Waals surface area contributed by atoms with Crippen molar-refractivity contribution in [2.75, 3.05) is 59.9 Å².